The maximum Gasteiger partial charge on any atom is 0.254 e. The standard InChI is InChI=1S/C24H30N4O3S/c1-31-23(15-6-7-15)28-24-20(22(30)26-12-14-4-5-14)18-11-16(8-9-19(18)32-24)21(29)27-17-3-2-10-25-13-17/h2-3,10,13-16,23,28H,4-9,11-12H2,1H3,(H,26,30)(H,27,29). The number of fused-ring (bicyclic) bond motifs is 1. The average molecular weight is 455 g/mol. The third kappa shape index (κ3) is 4.81. The zero-order valence-electron chi connectivity index (χ0n) is 18.4. The monoisotopic (exact) mass is 454 g/mol. The second-order valence-corrected chi connectivity index (χ2v) is 10.3. The van der Waals surface area contributed by atoms with E-state index in [4.69, 9.17) is 4.74 Å². The van der Waals surface area contributed by atoms with E-state index in [-0.39, 0.29) is 24.0 Å². The zero-order chi connectivity index (χ0) is 22.1. The maximum absolute atomic E-state index is 13.3. The van der Waals surface area contributed by atoms with Gasteiger partial charge in [0.1, 0.15) is 11.2 Å². The van der Waals surface area contributed by atoms with E-state index in [1.165, 1.54) is 17.7 Å². The summed E-state index contributed by atoms with van der Waals surface area (Å²) in [4.78, 5) is 31.5. The van der Waals surface area contributed by atoms with Gasteiger partial charge in [-0.05, 0) is 68.6 Å². The lowest BCUT2D eigenvalue weighted by Crippen LogP contribution is -2.31. The number of anilines is 2. The van der Waals surface area contributed by atoms with E-state index in [0.717, 1.165) is 42.8 Å². The molecule has 0 saturated heterocycles. The molecule has 0 spiro atoms. The molecular weight excluding hydrogens is 424 g/mol. The number of amides is 2. The number of pyridine rings is 1. The Morgan fingerprint density at radius 3 is 2.78 bits per heavy atom. The molecule has 2 heterocycles. The second kappa shape index (κ2) is 9.19. The van der Waals surface area contributed by atoms with Crippen molar-refractivity contribution < 1.29 is 14.3 Å². The fraction of sp³-hybridized carbons (Fsp3) is 0.542. The molecular formula is C24H30N4O3S. The molecule has 7 nitrogen and oxygen atoms in total. The van der Waals surface area contributed by atoms with Gasteiger partial charge in [-0.1, -0.05) is 0 Å². The molecule has 32 heavy (non-hydrogen) atoms. The number of nitrogens with zero attached hydrogens (tertiary/aromatic N) is 1. The topological polar surface area (TPSA) is 92.4 Å². The van der Waals surface area contributed by atoms with Gasteiger partial charge < -0.3 is 20.7 Å². The van der Waals surface area contributed by atoms with Gasteiger partial charge in [0, 0.05) is 36.6 Å². The normalized spacial score (nSPS) is 20.8. The van der Waals surface area contributed by atoms with Gasteiger partial charge in [0.25, 0.3) is 5.91 Å². The summed E-state index contributed by atoms with van der Waals surface area (Å²) in [7, 11) is 1.72. The van der Waals surface area contributed by atoms with Crippen molar-refractivity contribution in [1.82, 2.24) is 10.3 Å². The molecule has 2 aromatic heterocycles. The number of hydrogen-bond donors (Lipinski definition) is 3. The molecule has 3 aliphatic rings. The number of nitrogens with one attached hydrogen (secondary N) is 3. The number of rotatable bonds is 9. The number of hydrogen-bond acceptors (Lipinski definition) is 6. The van der Waals surface area contributed by atoms with E-state index < -0.39 is 0 Å². The molecule has 3 N–H and O–H groups in total. The number of ether oxygens (including phenoxy) is 1. The molecule has 2 amide bonds. The van der Waals surface area contributed by atoms with Gasteiger partial charge >= 0.3 is 0 Å². The Bertz CT molecular complexity index is 985. The van der Waals surface area contributed by atoms with Crippen LogP contribution in [0.2, 0.25) is 0 Å². The first-order valence-electron chi connectivity index (χ1n) is 11.5. The molecule has 0 radical (unpaired) electrons. The number of aromatic nitrogens is 1. The zero-order valence-corrected chi connectivity index (χ0v) is 19.2. The molecule has 2 atom stereocenters. The van der Waals surface area contributed by atoms with Crippen molar-refractivity contribution in [3.05, 3.63) is 40.5 Å². The Balaban J connectivity index is 1.37. The van der Waals surface area contributed by atoms with E-state index in [1.807, 2.05) is 6.07 Å². The van der Waals surface area contributed by atoms with Gasteiger partial charge in [-0.3, -0.25) is 14.6 Å². The molecule has 3 aliphatic carbocycles. The fourth-order valence-corrected chi connectivity index (χ4v) is 5.64. The first-order chi connectivity index (χ1) is 15.6. The second-order valence-electron chi connectivity index (χ2n) is 9.17. The van der Waals surface area contributed by atoms with E-state index >= 15 is 0 Å². The fourth-order valence-electron chi connectivity index (χ4n) is 4.38. The number of methoxy groups -OCH3 is 1. The molecule has 170 valence electrons. The largest absolute Gasteiger partial charge is 0.362 e. The van der Waals surface area contributed by atoms with E-state index in [9.17, 15) is 9.59 Å². The van der Waals surface area contributed by atoms with Crippen LogP contribution in [0.25, 0.3) is 0 Å². The third-order valence-corrected chi connectivity index (χ3v) is 7.84. The summed E-state index contributed by atoms with van der Waals surface area (Å²) < 4.78 is 5.67. The summed E-state index contributed by atoms with van der Waals surface area (Å²) in [6, 6.07) is 3.64. The lowest BCUT2D eigenvalue weighted by Gasteiger charge is -2.22. The van der Waals surface area contributed by atoms with Crippen LogP contribution < -0.4 is 16.0 Å². The Morgan fingerprint density at radius 1 is 1.25 bits per heavy atom. The van der Waals surface area contributed by atoms with Crippen molar-refractivity contribution in [3.63, 3.8) is 0 Å². The number of aryl methyl sites for hydroxylation is 1. The Hall–Kier alpha value is -2.45. The predicted molar refractivity (Wildman–Crippen MR) is 125 cm³/mol. The molecule has 8 heteroatoms. The minimum atomic E-state index is -0.165. The first-order valence-corrected chi connectivity index (χ1v) is 12.4. The predicted octanol–water partition coefficient (Wildman–Crippen LogP) is 3.82. The number of thiophene rings is 1. The molecule has 0 aliphatic heterocycles. The molecule has 2 aromatic rings. The van der Waals surface area contributed by atoms with Gasteiger partial charge in [0.15, 0.2) is 0 Å². The molecule has 0 bridgehead atoms. The highest BCUT2D eigenvalue weighted by molar-refractivity contribution is 7.16. The van der Waals surface area contributed by atoms with Crippen molar-refractivity contribution in [1.29, 1.82) is 0 Å². The quantitative estimate of drug-likeness (QED) is 0.501. The highest BCUT2D eigenvalue weighted by atomic mass is 32.1. The third-order valence-electron chi connectivity index (χ3n) is 6.61. The SMILES string of the molecule is COC(Nc1sc2c(c1C(=O)NCC1CC1)CC(C(=O)Nc1cccnc1)CC2)C1CC1. The molecule has 0 aromatic carbocycles. The van der Waals surface area contributed by atoms with Gasteiger partial charge in [-0.25, -0.2) is 0 Å². The van der Waals surface area contributed by atoms with E-state index in [1.54, 1.807) is 36.9 Å². The number of carbonyl (C=O) groups excluding carboxylic acids is 2. The van der Waals surface area contributed by atoms with Crippen molar-refractivity contribution in [2.75, 3.05) is 24.3 Å². The summed E-state index contributed by atoms with van der Waals surface area (Å²) in [6.45, 7) is 0.726. The lowest BCUT2D eigenvalue weighted by atomic mass is 9.85. The van der Waals surface area contributed by atoms with Crippen LogP contribution in [0.3, 0.4) is 0 Å². The van der Waals surface area contributed by atoms with Crippen LogP contribution in [0, 0.1) is 17.8 Å². The minimum Gasteiger partial charge on any atom is -0.362 e. The van der Waals surface area contributed by atoms with E-state index in [2.05, 4.69) is 20.9 Å². The van der Waals surface area contributed by atoms with Crippen LogP contribution in [0.5, 0.6) is 0 Å². The smallest absolute Gasteiger partial charge is 0.254 e. The first kappa shape index (κ1) is 21.4. The molecule has 5 rings (SSSR count). The van der Waals surface area contributed by atoms with Crippen LogP contribution in [-0.2, 0) is 22.4 Å². The summed E-state index contributed by atoms with van der Waals surface area (Å²) in [5.74, 6) is 0.902. The van der Waals surface area contributed by atoms with Gasteiger partial charge in [0.05, 0.1) is 17.4 Å². The maximum atomic E-state index is 13.3. The number of carbonyl (C=O) groups is 2. The van der Waals surface area contributed by atoms with Crippen molar-refractivity contribution in [2.45, 2.75) is 51.2 Å². The average Bonchev–Trinajstić information content (AvgIpc) is 3.73. The van der Waals surface area contributed by atoms with Crippen molar-refractivity contribution >= 4 is 33.8 Å². The van der Waals surface area contributed by atoms with Gasteiger partial charge in [-0.15, -0.1) is 11.3 Å². The Labute approximate surface area is 192 Å². The lowest BCUT2D eigenvalue weighted by molar-refractivity contribution is -0.120. The molecule has 2 unspecified atom stereocenters. The summed E-state index contributed by atoms with van der Waals surface area (Å²) >= 11 is 1.65. The van der Waals surface area contributed by atoms with E-state index in [0.29, 0.717) is 29.5 Å². The van der Waals surface area contributed by atoms with Crippen LogP contribution >= 0.6 is 11.3 Å². The van der Waals surface area contributed by atoms with Crippen molar-refractivity contribution in [2.24, 2.45) is 17.8 Å². The molecule has 2 fully saturated rings. The van der Waals surface area contributed by atoms with Crippen molar-refractivity contribution in [3.8, 4) is 0 Å². The van der Waals surface area contributed by atoms with Gasteiger partial charge in [-0.2, -0.15) is 0 Å². The minimum absolute atomic E-state index is 0.0125. The summed E-state index contributed by atoms with van der Waals surface area (Å²) in [6.07, 6.45) is 10.1. The Morgan fingerprint density at radius 2 is 2.09 bits per heavy atom. The summed E-state index contributed by atoms with van der Waals surface area (Å²) in [5, 5.41) is 10.5. The van der Waals surface area contributed by atoms with Crippen LogP contribution in [0.4, 0.5) is 10.7 Å². The van der Waals surface area contributed by atoms with Gasteiger partial charge in [0.2, 0.25) is 5.91 Å². The van der Waals surface area contributed by atoms with Crippen LogP contribution in [0.15, 0.2) is 24.5 Å². The molecule has 2 saturated carbocycles. The van der Waals surface area contributed by atoms with Crippen LogP contribution in [-0.4, -0.2) is 36.7 Å². The summed E-state index contributed by atoms with van der Waals surface area (Å²) in [5.41, 5.74) is 2.44. The highest BCUT2D eigenvalue weighted by Gasteiger charge is 2.36. The van der Waals surface area contributed by atoms with Crippen LogP contribution in [0.1, 0.15) is 52.9 Å². The Kier molecular flexibility index (Phi) is 6.15. The highest BCUT2D eigenvalue weighted by Crippen LogP contribution is 2.42.